The fourth-order valence-corrected chi connectivity index (χ4v) is 5.97. The van der Waals surface area contributed by atoms with E-state index in [1.807, 2.05) is 11.5 Å². The van der Waals surface area contributed by atoms with Gasteiger partial charge in [0.05, 0.1) is 20.6 Å². The molecular weight excluding hydrogens is 387 g/mol. The topological polar surface area (TPSA) is 62.2 Å². The van der Waals surface area contributed by atoms with Crippen molar-refractivity contribution < 1.29 is 14.4 Å². The van der Waals surface area contributed by atoms with E-state index in [1.165, 1.54) is 28.6 Å². The third kappa shape index (κ3) is 3.06. The molecule has 2 aromatic carbocycles. The summed E-state index contributed by atoms with van der Waals surface area (Å²) in [6.45, 7) is 1.70. The first-order valence-corrected chi connectivity index (χ1v) is 10.9. The van der Waals surface area contributed by atoms with Gasteiger partial charge in [-0.3, -0.25) is 10.0 Å². The quantitative estimate of drug-likeness (QED) is 0.451. The predicted octanol–water partition coefficient (Wildman–Crippen LogP) is 5.33. The minimum absolute atomic E-state index is 0.158. The third-order valence-electron chi connectivity index (χ3n) is 6.66. The average Bonchev–Trinajstić information content (AvgIpc) is 3.34. The van der Waals surface area contributed by atoms with Crippen LogP contribution in [0.5, 0.6) is 0 Å². The molecule has 5 rings (SSSR count). The van der Waals surface area contributed by atoms with E-state index < -0.39 is 11.3 Å². The number of hydrogen-bond donors (Lipinski definition) is 2. The Morgan fingerprint density at radius 1 is 1.24 bits per heavy atom. The predicted molar refractivity (Wildman–Crippen MR) is 111 cm³/mol. The Kier molecular flexibility index (Phi) is 4.44. The summed E-state index contributed by atoms with van der Waals surface area (Å²) >= 11 is 1.78. The van der Waals surface area contributed by atoms with Gasteiger partial charge in [0.15, 0.2) is 0 Å². The standard InChI is InChI=1S/C23H23FN2O2S/c1-13-17(3-2-4-18(13)24)23(22(27)26-28)10-9-16(12-23)15-7-8-20-19(11-15)25-21(29-20)14-5-6-14/h2-4,7-8,11,14,16,28H,5-6,9-10,12H2,1H3,(H,26,27)/t16-,23-/m0/s1. The Labute approximate surface area is 172 Å². The maximum atomic E-state index is 14.2. The van der Waals surface area contributed by atoms with Gasteiger partial charge in [0, 0.05) is 5.92 Å². The fraction of sp³-hybridized carbons (Fsp3) is 0.391. The number of hydrogen-bond acceptors (Lipinski definition) is 4. The zero-order valence-electron chi connectivity index (χ0n) is 16.2. The second-order valence-corrected chi connectivity index (χ2v) is 9.49. The summed E-state index contributed by atoms with van der Waals surface area (Å²) in [6, 6.07) is 11.3. The molecule has 2 saturated carbocycles. The van der Waals surface area contributed by atoms with Gasteiger partial charge in [-0.1, -0.05) is 18.2 Å². The number of rotatable bonds is 4. The van der Waals surface area contributed by atoms with Gasteiger partial charge in [-0.2, -0.15) is 0 Å². The summed E-state index contributed by atoms with van der Waals surface area (Å²) in [4.78, 5) is 17.6. The molecule has 2 aliphatic carbocycles. The average molecular weight is 411 g/mol. The Morgan fingerprint density at radius 2 is 2.07 bits per heavy atom. The minimum Gasteiger partial charge on any atom is -0.289 e. The van der Waals surface area contributed by atoms with Crippen molar-refractivity contribution in [3.63, 3.8) is 0 Å². The highest BCUT2D eigenvalue weighted by molar-refractivity contribution is 7.18. The molecule has 1 amide bonds. The number of nitrogens with zero attached hydrogens (tertiary/aromatic N) is 1. The molecule has 2 fully saturated rings. The molecule has 0 saturated heterocycles. The summed E-state index contributed by atoms with van der Waals surface area (Å²) < 4.78 is 15.4. The molecule has 150 valence electrons. The van der Waals surface area contributed by atoms with E-state index in [4.69, 9.17) is 4.98 Å². The second kappa shape index (κ2) is 6.89. The summed E-state index contributed by atoms with van der Waals surface area (Å²) in [6.07, 6.45) is 4.38. The van der Waals surface area contributed by atoms with Crippen LogP contribution in [0.2, 0.25) is 0 Å². The molecule has 0 bridgehead atoms. The van der Waals surface area contributed by atoms with E-state index >= 15 is 0 Å². The van der Waals surface area contributed by atoms with Crippen molar-refractivity contribution in [3.05, 3.63) is 63.9 Å². The fourth-order valence-electron chi connectivity index (χ4n) is 4.86. The molecule has 4 nitrogen and oxygen atoms in total. The number of thiazole rings is 1. The monoisotopic (exact) mass is 410 g/mol. The zero-order valence-corrected chi connectivity index (χ0v) is 17.1. The van der Waals surface area contributed by atoms with Crippen LogP contribution < -0.4 is 5.48 Å². The number of amides is 1. The molecule has 1 heterocycles. The van der Waals surface area contributed by atoms with Crippen molar-refractivity contribution in [1.29, 1.82) is 0 Å². The van der Waals surface area contributed by atoms with Crippen molar-refractivity contribution in [1.82, 2.24) is 10.5 Å². The highest BCUT2D eigenvalue weighted by atomic mass is 32.1. The number of halogens is 1. The Balaban J connectivity index is 1.51. The molecule has 0 unspecified atom stereocenters. The number of hydroxylamine groups is 1. The molecule has 3 aromatic rings. The van der Waals surface area contributed by atoms with Gasteiger partial charge in [0.1, 0.15) is 5.82 Å². The van der Waals surface area contributed by atoms with Gasteiger partial charge < -0.3 is 0 Å². The van der Waals surface area contributed by atoms with Crippen LogP contribution in [0.3, 0.4) is 0 Å². The number of benzene rings is 2. The first-order valence-electron chi connectivity index (χ1n) is 10.1. The van der Waals surface area contributed by atoms with Crippen LogP contribution in [0.4, 0.5) is 4.39 Å². The van der Waals surface area contributed by atoms with Gasteiger partial charge >= 0.3 is 0 Å². The van der Waals surface area contributed by atoms with Crippen molar-refractivity contribution in [2.45, 2.75) is 56.3 Å². The number of nitrogens with one attached hydrogen (secondary N) is 1. The lowest BCUT2D eigenvalue weighted by Crippen LogP contribution is -2.42. The van der Waals surface area contributed by atoms with E-state index in [0.29, 0.717) is 29.9 Å². The largest absolute Gasteiger partial charge is 0.289 e. The molecule has 2 N–H and O–H groups in total. The van der Waals surface area contributed by atoms with Gasteiger partial charge in [-0.15, -0.1) is 11.3 Å². The summed E-state index contributed by atoms with van der Waals surface area (Å²) in [7, 11) is 0. The van der Waals surface area contributed by atoms with Gasteiger partial charge in [0.2, 0.25) is 0 Å². The first kappa shape index (κ1) is 18.7. The summed E-state index contributed by atoms with van der Waals surface area (Å²) in [5, 5.41) is 10.7. The third-order valence-corrected chi connectivity index (χ3v) is 7.86. The normalized spacial score (nSPS) is 24.2. The Hall–Kier alpha value is -2.31. The smallest absolute Gasteiger partial charge is 0.254 e. The van der Waals surface area contributed by atoms with Crippen LogP contribution in [0.25, 0.3) is 10.2 Å². The molecule has 0 spiro atoms. The van der Waals surface area contributed by atoms with Crippen molar-refractivity contribution >= 4 is 27.5 Å². The summed E-state index contributed by atoms with van der Waals surface area (Å²) in [5.41, 5.74) is 4.24. The molecular formula is C23H23FN2O2S. The van der Waals surface area contributed by atoms with Crippen molar-refractivity contribution in [3.8, 4) is 0 Å². The number of carbonyl (C=O) groups is 1. The van der Waals surface area contributed by atoms with Gasteiger partial charge in [0.25, 0.3) is 5.91 Å². The van der Waals surface area contributed by atoms with E-state index in [1.54, 1.807) is 24.3 Å². The zero-order chi connectivity index (χ0) is 20.2. The number of fused-ring (bicyclic) bond motifs is 1. The highest BCUT2D eigenvalue weighted by Crippen LogP contribution is 2.50. The maximum Gasteiger partial charge on any atom is 0.254 e. The second-order valence-electron chi connectivity index (χ2n) is 8.43. The van der Waals surface area contributed by atoms with E-state index in [9.17, 15) is 14.4 Å². The lowest BCUT2D eigenvalue weighted by molar-refractivity contribution is -0.135. The molecule has 2 atom stereocenters. The molecule has 6 heteroatoms. The first-order chi connectivity index (χ1) is 14.0. The van der Waals surface area contributed by atoms with Crippen LogP contribution in [0, 0.1) is 12.7 Å². The lowest BCUT2D eigenvalue weighted by atomic mass is 9.75. The maximum absolute atomic E-state index is 14.2. The van der Waals surface area contributed by atoms with Crippen LogP contribution in [-0.4, -0.2) is 16.1 Å². The number of aromatic nitrogens is 1. The summed E-state index contributed by atoms with van der Waals surface area (Å²) in [5.74, 6) is 0.0108. The van der Waals surface area contributed by atoms with Crippen molar-refractivity contribution in [2.75, 3.05) is 0 Å². The van der Waals surface area contributed by atoms with Gasteiger partial charge in [-0.25, -0.2) is 14.9 Å². The van der Waals surface area contributed by atoms with Crippen molar-refractivity contribution in [2.24, 2.45) is 0 Å². The highest BCUT2D eigenvalue weighted by Gasteiger charge is 2.48. The Morgan fingerprint density at radius 3 is 2.83 bits per heavy atom. The molecule has 1 aromatic heterocycles. The molecule has 29 heavy (non-hydrogen) atoms. The van der Waals surface area contributed by atoms with E-state index in [2.05, 4.69) is 18.2 Å². The van der Waals surface area contributed by atoms with E-state index in [0.717, 1.165) is 17.5 Å². The van der Waals surface area contributed by atoms with Gasteiger partial charge in [-0.05, 0) is 79.8 Å². The molecule has 0 radical (unpaired) electrons. The van der Waals surface area contributed by atoms with Crippen LogP contribution >= 0.6 is 11.3 Å². The van der Waals surface area contributed by atoms with E-state index in [-0.39, 0.29) is 11.7 Å². The Bertz CT molecular complexity index is 1110. The van der Waals surface area contributed by atoms with Crippen LogP contribution in [0.15, 0.2) is 36.4 Å². The SMILES string of the molecule is Cc1c(F)cccc1[C@]1(C(=O)NO)CC[C@H](c2ccc3sc(C4CC4)nc3c2)C1. The molecule has 0 aliphatic heterocycles. The van der Waals surface area contributed by atoms with Crippen LogP contribution in [-0.2, 0) is 10.2 Å². The molecule has 2 aliphatic rings. The lowest BCUT2D eigenvalue weighted by Gasteiger charge is -2.29. The minimum atomic E-state index is -0.929. The van der Waals surface area contributed by atoms with Crippen LogP contribution in [0.1, 0.15) is 65.6 Å². The number of carbonyl (C=O) groups excluding carboxylic acids is 1.